The summed E-state index contributed by atoms with van der Waals surface area (Å²) < 4.78 is 24.8. The van der Waals surface area contributed by atoms with E-state index in [4.69, 9.17) is 0 Å². The number of hydrogen-bond acceptors (Lipinski definition) is 4. The van der Waals surface area contributed by atoms with Crippen molar-refractivity contribution in [3.05, 3.63) is 33.0 Å². The van der Waals surface area contributed by atoms with Crippen molar-refractivity contribution in [2.24, 2.45) is 0 Å². The van der Waals surface area contributed by atoms with Gasteiger partial charge in [-0.3, -0.25) is 4.79 Å². The highest BCUT2D eigenvalue weighted by atomic mass is 19.3. The van der Waals surface area contributed by atoms with E-state index in [0.29, 0.717) is 0 Å². The van der Waals surface area contributed by atoms with Gasteiger partial charge < -0.3 is 10.1 Å². The van der Waals surface area contributed by atoms with E-state index in [2.05, 4.69) is 4.98 Å². The normalized spacial score (nSPS) is 10.4. The summed E-state index contributed by atoms with van der Waals surface area (Å²) in [5.41, 5.74) is -1.14. The van der Waals surface area contributed by atoms with Crippen LogP contribution in [-0.4, -0.2) is 16.2 Å². The van der Waals surface area contributed by atoms with Gasteiger partial charge in [0.25, 0.3) is 6.43 Å². The van der Waals surface area contributed by atoms with Crippen LogP contribution in [0.2, 0.25) is 0 Å². The molecule has 0 spiro atoms. The van der Waals surface area contributed by atoms with Crippen molar-refractivity contribution >= 4 is 12.1 Å². The molecule has 0 atom stereocenters. The number of nitrogens with zero attached hydrogens (tertiary/aromatic N) is 2. The van der Waals surface area contributed by atoms with Crippen LogP contribution in [0.3, 0.4) is 0 Å². The summed E-state index contributed by atoms with van der Waals surface area (Å²) in [5.74, 6) is -0.713. The molecule has 1 aromatic rings. The third-order valence-corrected chi connectivity index (χ3v) is 1.84. The Balaban J connectivity index is 3.46. The number of halogens is 2. The van der Waals surface area contributed by atoms with Crippen molar-refractivity contribution < 1.29 is 18.5 Å². The number of rotatable bonds is 3. The molecule has 0 radical (unpaired) electrons. The number of hydrogen-bond donors (Lipinski definition) is 0. The summed E-state index contributed by atoms with van der Waals surface area (Å²) in [7, 11) is 0. The second-order valence-corrected chi connectivity index (χ2v) is 2.76. The molecule has 0 aliphatic heterocycles. The van der Waals surface area contributed by atoms with Crippen LogP contribution in [-0.2, 0) is 0 Å². The molecule has 0 saturated heterocycles. The molecule has 7 heteroatoms. The summed E-state index contributed by atoms with van der Waals surface area (Å²) in [6.45, 7) is 1.17. The third-order valence-electron chi connectivity index (χ3n) is 1.84. The minimum absolute atomic E-state index is 0.193. The average molecular weight is 216 g/mol. The minimum atomic E-state index is -2.87. The predicted molar refractivity (Wildman–Crippen MR) is 46.0 cm³/mol. The minimum Gasteiger partial charge on any atom is -0.358 e. The van der Waals surface area contributed by atoms with Crippen LogP contribution in [0.25, 0.3) is 0 Å². The molecule has 0 aliphatic carbocycles. The van der Waals surface area contributed by atoms with Crippen LogP contribution in [0, 0.1) is 17.0 Å². The Morgan fingerprint density at radius 1 is 1.60 bits per heavy atom. The first-order valence-corrected chi connectivity index (χ1v) is 3.86. The molecule has 0 fully saturated rings. The Bertz CT molecular complexity index is 421. The lowest BCUT2D eigenvalue weighted by Crippen LogP contribution is -2.03. The number of aldehydes is 1. The molecule has 1 aromatic heterocycles. The molecule has 1 rings (SSSR count). The monoisotopic (exact) mass is 216 g/mol. The van der Waals surface area contributed by atoms with Gasteiger partial charge in [0.05, 0.1) is 5.56 Å². The van der Waals surface area contributed by atoms with E-state index in [9.17, 15) is 23.7 Å². The lowest BCUT2D eigenvalue weighted by molar-refractivity contribution is -0.390. The van der Waals surface area contributed by atoms with Gasteiger partial charge in [-0.2, -0.15) is 0 Å². The third kappa shape index (κ3) is 2.12. The van der Waals surface area contributed by atoms with Gasteiger partial charge in [-0.05, 0) is 16.8 Å². The smallest absolute Gasteiger partial charge is 0.358 e. The van der Waals surface area contributed by atoms with E-state index in [1.54, 1.807) is 0 Å². The van der Waals surface area contributed by atoms with Crippen molar-refractivity contribution in [1.29, 1.82) is 0 Å². The van der Waals surface area contributed by atoms with Gasteiger partial charge >= 0.3 is 5.82 Å². The van der Waals surface area contributed by atoms with E-state index >= 15 is 0 Å². The van der Waals surface area contributed by atoms with Gasteiger partial charge in [0.2, 0.25) is 5.69 Å². The second kappa shape index (κ2) is 4.07. The standard InChI is InChI=1S/C8H6F2N2O3/c1-4-6(7(9)10)2-5(3-13)11-8(4)12(14)15/h2-3,7H,1H3. The van der Waals surface area contributed by atoms with E-state index < -0.39 is 22.7 Å². The molecule has 0 N–H and O–H groups in total. The van der Waals surface area contributed by atoms with Gasteiger partial charge in [-0.15, -0.1) is 0 Å². The Labute approximate surface area is 82.9 Å². The van der Waals surface area contributed by atoms with Crippen molar-refractivity contribution in [3.63, 3.8) is 0 Å². The maximum absolute atomic E-state index is 12.4. The SMILES string of the molecule is Cc1c(C(F)F)cc(C=O)nc1[N+](=O)[O-]. The Hall–Kier alpha value is -1.92. The largest absolute Gasteiger partial charge is 0.367 e. The highest BCUT2D eigenvalue weighted by Crippen LogP contribution is 2.27. The predicted octanol–water partition coefficient (Wildman–Crippen LogP) is 2.05. The Morgan fingerprint density at radius 3 is 2.60 bits per heavy atom. The van der Waals surface area contributed by atoms with Crippen molar-refractivity contribution in [3.8, 4) is 0 Å². The van der Waals surface area contributed by atoms with E-state index in [-0.39, 0.29) is 17.5 Å². The molecule has 0 aliphatic rings. The summed E-state index contributed by atoms with van der Waals surface area (Å²) in [5, 5.41) is 10.4. The number of pyridine rings is 1. The first kappa shape index (κ1) is 11.2. The van der Waals surface area contributed by atoms with Crippen molar-refractivity contribution in [1.82, 2.24) is 4.98 Å². The van der Waals surface area contributed by atoms with Gasteiger partial charge in [0.15, 0.2) is 6.29 Å². The van der Waals surface area contributed by atoms with E-state index in [1.807, 2.05) is 0 Å². The number of nitro groups is 1. The lowest BCUT2D eigenvalue weighted by Gasteiger charge is -2.04. The lowest BCUT2D eigenvalue weighted by atomic mass is 10.1. The molecule has 0 aromatic carbocycles. The summed E-state index contributed by atoms with van der Waals surface area (Å²) >= 11 is 0. The molecule has 0 saturated carbocycles. The quantitative estimate of drug-likeness (QED) is 0.440. The molecule has 80 valence electrons. The van der Waals surface area contributed by atoms with Crippen LogP contribution in [0.5, 0.6) is 0 Å². The Kier molecular flexibility index (Phi) is 3.03. The molecule has 1 heterocycles. The van der Waals surface area contributed by atoms with Crippen LogP contribution in [0.1, 0.15) is 28.0 Å². The first-order valence-electron chi connectivity index (χ1n) is 3.86. The van der Waals surface area contributed by atoms with E-state index in [0.717, 1.165) is 6.07 Å². The molecule has 0 bridgehead atoms. The number of carbonyl (C=O) groups excluding carboxylic acids is 1. The highest BCUT2D eigenvalue weighted by Gasteiger charge is 2.23. The number of carbonyl (C=O) groups is 1. The molecular weight excluding hydrogens is 210 g/mol. The maximum Gasteiger partial charge on any atom is 0.367 e. The van der Waals surface area contributed by atoms with Crippen LogP contribution >= 0.6 is 0 Å². The summed E-state index contributed by atoms with van der Waals surface area (Å²) in [4.78, 5) is 23.2. The zero-order valence-corrected chi connectivity index (χ0v) is 7.61. The van der Waals surface area contributed by atoms with Crippen molar-refractivity contribution in [2.75, 3.05) is 0 Å². The fraction of sp³-hybridized carbons (Fsp3) is 0.250. The fourth-order valence-electron chi connectivity index (χ4n) is 1.10. The molecule has 15 heavy (non-hydrogen) atoms. The topological polar surface area (TPSA) is 73.1 Å². The maximum atomic E-state index is 12.4. The fourth-order valence-corrected chi connectivity index (χ4v) is 1.10. The summed E-state index contributed by atoms with van der Waals surface area (Å²) in [6.07, 6.45) is -2.68. The van der Waals surface area contributed by atoms with Crippen LogP contribution in [0.15, 0.2) is 6.07 Å². The number of alkyl halides is 2. The van der Waals surface area contributed by atoms with Gasteiger partial charge in [0, 0.05) is 11.6 Å². The Morgan fingerprint density at radius 2 is 2.20 bits per heavy atom. The van der Waals surface area contributed by atoms with Crippen molar-refractivity contribution in [2.45, 2.75) is 13.3 Å². The van der Waals surface area contributed by atoms with Gasteiger partial charge in [-0.25, -0.2) is 8.78 Å². The highest BCUT2D eigenvalue weighted by molar-refractivity contribution is 5.73. The van der Waals surface area contributed by atoms with Crippen LogP contribution < -0.4 is 0 Å². The molecular formula is C8H6F2N2O3. The zero-order valence-electron chi connectivity index (χ0n) is 7.61. The number of aromatic nitrogens is 1. The average Bonchev–Trinajstić information content (AvgIpc) is 2.17. The molecule has 0 amide bonds. The summed E-state index contributed by atoms with van der Waals surface area (Å²) in [6, 6.07) is 0.847. The molecule has 0 unspecified atom stereocenters. The zero-order chi connectivity index (χ0) is 11.6. The van der Waals surface area contributed by atoms with Gasteiger partial charge in [-0.1, -0.05) is 0 Å². The molecule has 5 nitrogen and oxygen atoms in total. The van der Waals surface area contributed by atoms with Gasteiger partial charge in [0.1, 0.15) is 0 Å². The van der Waals surface area contributed by atoms with E-state index in [1.165, 1.54) is 6.92 Å². The van der Waals surface area contributed by atoms with Crippen LogP contribution in [0.4, 0.5) is 14.6 Å². The first-order chi connectivity index (χ1) is 6.97. The second-order valence-electron chi connectivity index (χ2n) is 2.76.